The van der Waals surface area contributed by atoms with Crippen LogP contribution in [0.4, 0.5) is 23.0 Å². The third kappa shape index (κ3) is 3.75. The zero-order chi connectivity index (χ0) is 23.4. The van der Waals surface area contributed by atoms with Crippen molar-refractivity contribution in [3.05, 3.63) is 47.2 Å². The number of benzene rings is 1. The molecule has 2 aromatic heterocycles. The second-order valence-electron chi connectivity index (χ2n) is 9.03. The van der Waals surface area contributed by atoms with Gasteiger partial charge in [-0.25, -0.2) is 4.98 Å². The summed E-state index contributed by atoms with van der Waals surface area (Å²) < 4.78 is 1.74. The number of nitrogens with one attached hydrogen (secondary N) is 3. The van der Waals surface area contributed by atoms with Crippen LogP contribution in [0.2, 0.25) is 0 Å². The first kappa shape index (κ1) is 20.7. The van der Waals surface area contributed by atoms with E-state index in [1.54, 1.807) is 28.6 Å². The largest absolute Gasteiger partial charge is 0.373 e. The number of carbonyl (C=O) groups is 2. The van der Waals surface area contributed by atoms with E-state index in [1.165, 1.54) is 0 Å². The molecule has 3 aromatic rings. The molecular formula is C24H25N7O3. The highest BCUT2D eigenvalue weighted by Crippen LogP contribution is 2.33. The molecule has 1 atom stereocenters. The standard InChI is InChI=1S/C24H25N7O3/c1-13(32)30-7-6-14-2-3-18(10-19(14)30)26-20-11-21(27-17-4-5-17)31-23(28-20)16(12-25-31)8-15-9-22(33)29-24(15)34/h2-3,8,10-12,17,22,27,33H,4-7,9H2,1H3,(H,26,28)(H,29,34)/b15-8+. The highest BCUT2D eigenvalue weighted by atomic mass is 16.3. The number of aliphatic hydroxyl groups excluding tert-OH is 1. The number of carbonyl (C=O) groups excluding carboxylic acids is 2. The van der Waals surface area contributed by atoms with E-state index in [2.05, 4.69) is 21.0 Å². The number of fused-ring (bicyclic) bond motifs is 2. The zero-order valence-electron chi connectivity index (χ0n) is 18.7. The van der Waals surface area contributed by atoms with E-state index in [4.69, 9.17) is 4.98 Å². The van der Waals surface area contributed by atoms with Crippen molar-refractivity contribution < 1.29 is 14.7 Å². The van der Waals surface area contributed by atoms with E-state index in [0.29, 0.717) is 35.2 Å². The van der Waals surface area contributed by atoms with Crippen molar-refractivity contribution in [3.8, 4) is 0 Å². The topological polar surface area (TPSA) is 124 Å². The number of aliphatic hydroxyl groups is 1. The van der Waals surface area contributed by atoms with E-state index in [0.717, 1.165) is 42.0 Å². The molecule has 6 rings (SSSR count). The minimum atomic E-state index is -0.868. The van der Waals surface area contributed by atoms with Gasteiger partial charge in [-0.3, -0.25) is 9.59 Å². The fourth-order valence-electron chi connectivity index (χ4n) is 4.53. The van der Waals surface area contributed by atoms with Crippen LogP contribution in [0.5, 0.6) is 0 Å². The van der Waals surface area contributed by atoms with Crippen molar-refractivity contribution in [2.75, 3.05) is 22.1 Å². The fourth-order valence-corrected chi connectivity index (χ4v) is 4.53. The van der Waals surface area contributed by atoms with Crippen LogP contribution in [0, 0.1) is 0 Å². The molecule has 1 aliphatic carbocycles. The molecule has 4 heterocycles. The lowest BCUT2D eigenvalue weighted by Gasteiger charge is -2.16. The number of rotatable bonds is 5. The summed E-state index contributed by atoms with van der Waals surface area (Å²) in [6.45, 7) is 2.28. The summed E-state index contributed by atoms with van der Waals surface area (Å²) in [7, 11) is 0. The van der Waals surface area contributed by atoms with Crippen LogP contribution in [0.25, 0.3) is 11.7 Å². The molecule has 10 nitrogen and oxygen atoms in total. The molecule has 0 spiro atoms. The minimum absolute atomic E-state index is 0.0318. The molecule has 0 bridgehead atoms. The van der Waals surface area contributed by atoms with E-state index in [9.17, 15) is 14.7 Å². The molecule has 10 heteroatoms. The van der Waals surface area contributed by atoms with Crippen molar-refractivity contribution >= 4 is 46.5 Å². The first-order valence-electron chi connectivity index (χ1n) is 11.5. The summed E-state index contributed by atoms with van der Waals surface area (Å²) in [6, 6.07) is 8.33. The molecule has 1 aromatic carbocycles. The van der Waals surface area contributed by atoms with Gasteiger partial charge in [-0.2, -0.15) is 9.61 Å². The summed E-state index contributed by atoms with van der Waals surface area (Å²) in [4.78, 5) is 30.7. The van der Waals surface area contributed by atoms with Crippen LogP contribution in [-0.2, 0) is 16.0 Å². The lowest BCUT2D eigenvalue weighted by atomic mass is 10.1. The van der Waals surface area contributed by atoms with Crippen LogP contribution in [-0.4, -0.2) is 50.3 Å². The maximum atomic E-state index is 12.1. The molecular weight excluding hydrogens is 434 g/mol. The highest BCUT2D eigenvalue weighted by molar-refractivity contribution is 6.01. The Labute approximate surface area is 195 Å². The predicted octanol–water partition coefficient (Wildman–Crippen LogP) is 2.18. The second-order valence-corrected chi connectivity index (χ2v) is 9.03. The van der Waals surface area contributed by atoms with Crippen LogP contribution < -0.4 is 20.9 Å². The summed E-state index contributed by atoms with van der Waals surface area (Å²) in [5.41, 5.74) is 4.69. The third-order valence-electron chi connectivity index (χ3n) is 6.39. The Hall–Kier alpha value is -3.92. The Kier molecular flexibility index (Phi) is 4.77. The predicted molar refractivity (Wildman–Crippen MR) is 128 cm³/mol. The van der Waals surface area contributed by atoms with E-state index < -0.39 is 6.23 Å². The fraction of sp³-hybridized carbons (Fsp3) is 0.333. The van der Waals surface area contributed by atoms with Gasteiger partial charge in [-0.1, -0.05) is 6.07 Å². The quantitative estimate of drug-likeness (QED) is 0.431. The third-order valence-corrected chi connectivity index (χ3v) is 6.39. The SMILES string of the molecule is CC(=O)N1CCc2ccc(Nc3cc(NC4CC4)n4ncc(/C=C5\CC(O)NC5=O)c4n3)cc21. The van der Waals surface area contributed by atoms with E-state index in [-0.39, 0.29) is 18.2 Å². The maximum absolute atomic E-state index is 12.1. The Bertz CT molecular complexity index is 1360. The average Bonchev–Trinajstić information content (AvgIpc) is 3.21. The molecule has 2 amide bonds. The van der Waals surface area contributed by atoms with Crippen molar-refractivity contribution in [3.63, 3.8) is 0 Å². The number of hydrogen-bond acceptors (Lipinski definition) is 7. The summed E-state index contributed by atoms with van der Waals surface area (Å²) in [5.74, 6) is 1.18. The first-order chi connectivity index (χ1) is 16.4. The van der Waals surface area contributed by atoms with Crippen molar-refractivity contribution in [2.45, 2.75) is 44.9 Å². The molecule has 34 heavy (non-hydrogen) atoms. The number of aromatic nitrogens is 3. The molecule has 1 saturated heterocycles. The lowest BCUT2D eigenvalue weighted by Crippen LogP contribution is -2.25. The summed E-state index contributed by atoms with van der Waals surface area (Å²) in [5, 5.41) is 23.6. The van der Waals surface area contributed by atoms with Crippen LogP contribution >= 0.6 is 0 Å². The van der Waals surface area contributed by atoms with Gasteiger partial charge in [0.25, 0.3) is 0 Å². The lowest BCUT2D eigenvalue weighted by molar-refractivity contribution is -0.118. The van der Waals surface area contributed by atoms with Gasteiger partial charge in [-0.15, -0.1) is 0 Å². The Morgan fingerprint density at radius 2 is 2.15 bits per heavy atom. The Morgan fingerprint density at radius 1 is 1.29 bits per heavy atom. The van der Waals surface area contributed by atoms with Gasteiger partial charge in [-0.05, 0) is 43.0 Å². The Morgan fingerprint density at radius 3 is 2.88 bits per heavy atom. The number of amides is 2. The molecule has 174 valence electrons. The zero-order valence-corrected chi connectivity index (χ0v) is 18.7. The van der Waals surface area contributed by atoms with Crippen molar-refractivity contribution in [2.24, 2.45) is 0 Å². The average molecular weight is 460 g/mol. The van der Waals surface area contributed by atoms with Gasteiger partial charge in [0.15, 0.2) is 5.65 Å². The number of nitrogens with zero attached hydrogens (tertiary/aromatic N) is 4. The van der Waals surface area contributed by atoms with Gasteiger partial charge < -0.3 is 26.0 Å². The molecule has 3 aliphatic rings. The summed E-state index contributed by atoms with van der Waals surface area (Å²) in [6.07, 6.45) is 5.84. The molecule has 4 N–H and O–H groups in total. The van der Waals surface area contributed by atoms with Gasteiger partial charge >= 0.3 is 0 Å². The van der Waals surface area contributed by atoms with Gasteiger partial charge in [0.2, 0.25) is 11.8 Å². The summed E-state index contributed by atoms with van der Waals surface area (Å²) >= 11 is 0. The highest BCUT2D eigenvalue weighted by Gasteiger charge is 2.26. The van der Waals surface area contributed by atoms with Gasteiger partial charge in [0, 0.05) is 54.5 Å². The van der Waals surface area contributed by atoms with Crippen LogP contribution in [0.15, 0.2) is 36.0 Å². The molecule has 1 saturated carbocycles. The molecule has 0 radical (unpaired) electrons. The van der Waals surface area contributed by atoms with E-state index in [1.807, 2.05) is 24.3 Å². The van der Waals surface area contributed by atoms with Crippen LogP contribution in [0.3, 0.4) is 0 Å². The van der Waals surface area contributed by atoms with Crippen LogP contribution in [0.1, 0.15) is 37.3 Å². The molecule has 2 fully saturated rings. The minimum Gasteiger partial charge on any atom is -0.373 e. The smallest absolute Gasteiger partial charge is 0.249 e. The monoisotopic (exact) mass is 459 g/mol. The number of anilines is 4. The molecule has 2 aliphatic heterocycles. The second kappa shape index (κ2) is 7.84. The van der Waals surface area contributed by atoms with E-state index >= 15 is 0 Å². The Balaban J connectivity index is 1.38. The number of hydrogen-bond donors (Lipinski definition) is 4. The normalized spacial score (nSPS) is 20.6. The van der Waals surface area contributed by atoms with Crippen molar-refractivity contribution in [1.82, 2.24) is 19.9 Å². The van der Waals surface area contributed by atoms with Gasteiger partial charge in [0.05, 0.1) is 6.20 Å². The maximum Gasteiger partial charge on any atom is 0.249 e. The first-order valence-corrected chi connectivity index (χ1v) is 11.5. The van der Waals surface area contributed by atoms with Gasteiger partial charge in [0.1, 0.15) is 17.9 Å². The van der Waals surface area contributed by atoms with Crippen molar-refractivity contribution in [1.29, 1.82) is 0 Å². The molecule has 1 unspecified atom stereocenters.